The van der Waals surface area contributed by atoms with Crippen molar-refractivity contribution in [1.82, 2.24) is 14.9 Å². The van der Waals surface area contributed by atoms with Crippen LogP contribution in [0.25, 0.3) is 5.69 Å². The van der Waals surface area contributed by atoms with E-state index >= 15 is 0 Å². The zero-order chi connectivity index (χ0) is 13.2. The zero-order valence-corrected chi connectivity index (χ0v) is 11.1. The Morgan fingerprint density at radius 2 is 2.11 bits per heavy atom. The molecule has 2 aromatic rings. The summed E-state index contributed by atoms with van der Waals surface area (Å²) in [5.41, 5.74) is 3.09. The maximum absolute atomic E-state index is 11.7. The number of aromatic amines is 1. The molecule has 4 nitrogen and oxygen atoms in total. The molecule has 100 valence electrons. The first-order valence-electron chi connectivity index (χ1n) is 6.84. The van der Waals surface area contributed by atoms with Crippen molar-refractivity contribution in [3.63, 3.8) is 0 Å². The molecule has 1 aliphatic heterocycles. The lowest BCUT2D eigenvalue weighted by molar-refractivity contribution is 0.603. The van der Waals surface area contributed by atoms with Gasteiger partial charge in [-0.25, -0.2) is 4.79 Å². The number of nitrogens with zero attached hydrogens (tertiary/aromatic N) is 1. The van der Waals surface area contributed by atoms with Crippen LogP contribution in [0.2, 0.25) is 0 Å². The maximum Gasteiger partial charge on any atom is 0.330 e. The summed E-state index contributed by atoms with van der Waals surface area (Å²) < 4.78 is 1.69. The van der Waals surface area contributed by atoms with Gasteiger partial charge in [0, 0.05) is 17.9 Å². The van der Waals surface area contributed by atoms with Gasteiger partial charge in [0.15, 0.2) is 0 Å². The van der Waals surface area contributed by atoms with Crippen LogP contribution in [0.1, 0.15) is 24.1 Å². The Morgan fingerprint density at radius 1 is 1.32 bits per heavy atom. The van der Waals surface area contributed by atoms with Gasteiger partial charge in [-0.05, 0) is 50.4 Å². The second kappa shape index (κ2) is 5.05. The summed E-state index contributed by atoms with van der Waals surface area (Å²) in [4.78, 5) is 14.4. The Kier molecular flexibility index (Phi) is 3.25. The number of aryl methyl sites for hydroxylation is 1. The molecule has 4 heteroatoms. The van der Waals surface area contributed by atoms with Crippen LogP contribution in [0.3, 0.4) is 0 Å². The summed E-state index contributed by atoms with van der Waals surface area (Å²) in [5, 5.41) is 3.51. The predicted molar refractivity (Wildman–Crippen MR) is 75.9 cm³/mol. The third-order valence-corrected chi connectivity index (χ3v) is 3.80. The van der Waals surface area contributed by atoms with Crippen molar-refractivity contribution in [2.24, 2.45) is 0 Å². The minimum Gasteiger partial charge on any atom is -0.314 e. The number of aromatic nitrogens is 2. The standard InChI is InChI=1S/C15H19N3O/c1-11-10-17-15(19)18(11)14-6-4-12(5-7-14)9-13-3-2-8-16-13/h4-7,10,13,16H,2-3,8-9H2,1H3,(H,17,19). The molecule has 3 rings (SSSR count). The van der Waals surface area contributed by atoms with E-state index < -0.39 is 0 Å². The second-order valence-electron chi connectivity index (χ2n) is 5.23. The fraction of sp³-hybridized carbons (Fsp3) is 0.400. The minimum absolute atomic E-state index is 0.0808. The van der Waals surface area contributed by atoms with Gasteiger partial charge in [0.2, 0.25) is 0 Å². The summed E-state index contributed by atoms with van der Waals surface area (Å²) in [6.45, 7) is 3.06. The van der Waals surface area contributed by atoms with E-state index in [-0.39, 0.29) is 5.69 Å². The van der Waals surface area contributed by atoms with E-state index in [0.29, 0.717) is 6.04 Å². The number of imidazole rings is 1. The highest BCUT2D eigenvalue weighted by molar-refractivity contribution is 5.36. The largest absolute Gasteiger partial charge is 0.330 e. The summed E-state index contributed by atoms with van der Waals surface area (Å²) >= 11 is 0. The van der Waals surface area contributed by atoms with Gasteiger partial charge in [-0.3, -0.25) is 4.57 Å². The van der Waals surface area contributed by atoms with E-state index in [0.717, 1.165) is 24.3 Å². The molecule has 0 saturated carbocycles. The van der Waals surface area contributed by atoms with Crippen LogP contribution in [-0.2, 0) is 6.42 Å². The van der Waals surface area contributed by atoms with Crippen LogP contribution in [-0.4, -0.2) is 22.1 Å². The van der Waals surface area contributed by atoms with E-state index in [4.69, 9.17) is 0 Å². The van der Waals surface area contributed by atoms with E-state index in [1.807, 2.05) is 19.1 Å². The van der Waals surface area contributed by atoms with Gasteiger partial charge in [-0.1, -0.05) is 12.1 Å². The van der Waals surface area contributed by atoms with E-state index in [2.05, 4.69) is 22.4 Å². The van der Waals surface area contributed by atoms with Gasteiger partial charge >= 0.3 is 5.69 Å². The molecule has 1 aliphatic rings. The lowest BCUT2D eigenvalue weighted by Crippen LogP contribution is -2.23. The minimum atomic E-state index is -0.0808. The molecule has 1 fully saturated rings. The first-order chi connectivity index (χ1) is 9.24. The fourth-order valence-electron chi connectivity index (χ4n) is 2.77. The Hall–Kier alpha value is -1.81. The van der Waals surface area contributed by atoms with Gasteiger partial charge < -0.3 is 10.3 Å². The van der Waals surface area contributed by atoms with Gasteiger partial charge in [0.1, 0.15) is 0 Å². The number of rotatable bonds is 3. The Morgan fingerprint density at radius 3 is 2.68 bits per heavy atom. The Labute approximate surface area is 112 Å². The molecule has 1 aromatic heterocycles. The van der Waals surface area contributed by atoms with Crippen molar-refractivity contribution in [3.05, 3.63) is 52.2 Å². The van der Waals surface area contributed by atoms with Gasteiger partial charge in [0.25, 0.3) is 0 Å². The number of H-pyrrole nitrogens is 1. The summed E-state index contributed by atoms with van der Waals surface area (Å²) in [6, 6.07) is 8.89. The molecular formula is C15H19N3O. The Balaban J connectivity index is 1.80. The molecule has 19 heavy (non-hydrogen) atoms. The number of hydrogen-bond acceptors (Lipinski definition) is 2. The molecule has 1 atom stereocenters. The summed E-state index contributed by atoms with van der Waals surface area (Å²) in [5.74, 6) is 0. The molecule has 2 N–H and O–H groups in total. The number of nitrogens with one attached hydrogen (secondary N) is 2. The summed E-state index contributed by atoms with van der Waals surface area (Å²) in [6.07, 6.45) is 5.35. The molecule has 1 aromatic carbocycles. The van der Waals surface area contributed by atoms with Gasteiger partial charge in [-0.15, -0.1) is 0 Å². The molecule has 1 saturated heterocycles. The smallest absolute Gasteiger partial charge is 0.314 e. The average Bonchev–Trinajstić information content (AvgIpc) is 3.02. The molecule has 0 bridgehead atoms. The molecule has 0 spiro atoms. The number of hydrogen-bond donors (Lipinski definition) is 2. The van der Waals surface area contributed by atoms with Crippen molar-refractivity contribution >= 4 is 0 Å². The van der Waals surface area contributed by atoms with Crippen LogP contribution in [0.5, 0.6) is 0 Å². The van der Waals surface area contributed by atoms with Crippen molar-refractivity contribution < 1.29 is 0 Å². The molecule has 0 amide bonds. The first kappa shape index (κ1) is 12.2. The van der Waals surface area contributed by atoms with Crippen molar-refractivity contribution in [3.8, 4) is 5.69 Å². The SMILES string of the molecule is Cc1c[nH]c(=O)n1-c1ccc(CC2CCCN2)cc1. The van der Waals surface area contributed by atoms with Gasteiger partial charge in [-0.2, -0.15) is 0 Å². The monoisotopic (exact) mass is 257 g/mol. The molecule has 1 unspecified atom stereocenters. The normalized spacial score (nSPS) is 18.9. The summed E-state index contributed by atoms with van der Waals surface area (Å²) in [7, 11) is 0. The zero-order valence-electron chi connectivity index (χ0n) is 11.1. The predicted octanol–water partition coefficient (Wildman–Crippen LogP) is 1.77. The molecule has 0 radical (unpaired) electrons. The van der Waals surface area contributed by atoms with Crippen LogP contribution in [0, 0.1) is 6.92 Å². The number of benzene rings is 1. The van der Waals surface area contributed by atoms with Crippen molar-refractivity contribution in [2.75, 3.05) is 6.54 Å². The van der Waals surface area contributed by atoms with E-state index in [9.17, 15) is 4.79 Å². The van der Waals surface area contributed by atoms with E-state index in [1.54, 1.807) is 10.8 Å². The highest BCUT2D eigenvalue weighted by Gasteiger charge is 2.14. The quantitative estimate of drug-likeness (QED) is 0.880. The van der Waals surface area contributed by atoms with Crippen LogP contribution < -0.4 is 11.0 Å². The molecular weight excluding hydrogens is 238 g/mol. The van der Waals surface area contributed by atoms with E-state index in [1.165, 1.54) is 18.4 Å². The van der Waals surface area contributed by atoms with Crippen molar-refractivity contribution in [2.45, 2.75) is 32.2 Å². The first-order valence-corrected chi connectivity index (χ1v) is 6.84. The van der Waals surface area contributed by atoms with Crippen molar-refractivity contribution in [1.29, 1.82) is 0 Å². The topological polar surface area (TPSA) is 49.8 Å². The lowest BCUT2D eigenvalue weighted by atomic mass is 10.0. The second-order valence-corrected chi connectivity index (χ2v) is 5.23. The highest BCUT2D eigenvalue weighted by atomic mass is 16.1. The third-order valence-electron chi connectivity index (χ3n) is 3.80. The van der Waals surface area contributed by atoms with Crippen LogP contribution in [0.15, 0.2) is 35.3 Å². The molecule has 2 heterocycles. The van der Waals surface area contributed by atoms with Gasteiger partial charge in [0.05, 0.1) is 5.69 Å². The van der Waals surface area contributed by atoms with Crippen LogP contribution >= 0.6 is 0 Å². The third kappa shape index (κ3) is 2.49. The average molecular weight is 257 g/mol. The van der Waals surface area contributed by atoms with Crippen LogP contribution in [0.4, 0.5) is 0 Å². The highest BCUT2D eigenvalue weighted by Crippen LogP contribution is 2.14. The fourth-order valence-corrected chi connectivity index (χ4v) is 2.77. The maximum atomic E-state index is 11.7. The molecule has 0 aliphatic carbocycles. The lowest BCUT2D eigenvalue weighted by Gasteiger charge is -2.11. The Bertz CT molecular complexity index is 603.